The molecule has 0 saturated carbocycles. The number of hydrogen-bond donors (Lipinski definition) is 0. The van der Waals surface area contributed by atoms with Crippen molar-refractivity contribution in [1.82, 2.24) is 10.2 Å². The van der Waals surface area contributed by atoms with Gasteiger partial charge in [-0.3, -0.25) is 0 Å². The Bertz CT molecular complexity index is 844. The summed E-state index contributed by atoms with van der Waals surface area (Å²) in [7, 11) is 1.26. The normalized spacial score (nSPS) is 11.8. The molecule has 6 heteroatoms. The zero-order chi connectivity index (χ0) is 20.2. The van der Waals surface area contributed by atoms with E-state index in [1.54, 1.807) is 0 Å². The monoisotopic (exact) mass is 385 g/mol. The summed E-state index contributed by atoms with van der Waals surface area (Å²) in [4.78, 5) is 16.2. The molecule has 0 N–H and O–H groups in total. The van der Waals surface area contributed by atoms with E-state index in [0.717, 1.165) is 16.8 Å². The van der Waals surface area contributed by atoms with E-state index in [4.69, 9.17) is 11.6 Å². The molecule has 0 aliphatic carbocycles. The Hall–Kier alpha value is -2.79. The summed E-state index contributed by atoms with van der Waals surface area (Å²) < 4.78 is 4.62. The van der Waals surface area contributed by atoms with Crippen LogP contribution in [0.5, 0.6) is 0 Å². The SMILES string of the molecule is C/C=C\C(=C/C)C(=Nc1cc(Cl)c(C(=O)OC)nn1)c1ccccc1.CC. The number of hydrogen-bond acceptors (Lipinski definition) is 5. The van der Waals surface area contributed by atoms with Crippen LogP contribution in [0.4, 0.5) is 5.82 Å². The fourth-order valence-corrected chi connectivity index (χ4v) is 2.36. The number of benzene rings is 1. The van der Waals surface area contributed by atoms with Crippen molar-refractivity contribution in [2.75, 3.05) is 7.11 Å². The lowest BCUT2D eigenvalue weighted by atomic mass is 10.0. The first-order valence-electron chi connectivity index (χ1n) is 8.65. The van der Waals surface area contributed by atoms with E-state index in [9.17, 15) is 4.79 Å². The summed E-state index contributed by atoms with van der Waals surface area (Å²) in [6, 6.07) is 11.2. The predicted molar refractivity (Wildman–Crippen MR) is 111 cm³/mol. The van der Waals surface area contributed by atoms with Crippen LogP contribution < -0.4 is 0 Å². The minimum absolute atomic E-state index is 0.0379. The zero-order valence-corrected chi connectivity index (χ0v) is 17.0. The van der Waals surface area contributed by atoms with Crippen LogP contribution in [0.1, 0.15) is 43.7 Å². The predicted octanol–water partition coefficient (Wildman–Crippen LogP) is 5.59. The molecule has 1 heterocycles. The van der Waals surface area contributed by atoms with Gasteiger partial charge in [0.25, 0.3) is 0 Å². The number of ether oxygens (including phenoxy) is 1. The van der Waals surface area contributed by atoms with Crippen LogP contribution >= 0.6 is 11.6 Å². The highest BCUT2D eigenvalue weighted by atomic mass is 35.5. The summed E-state index contributed by atoms with van der Waals surface area (Å²) in [6.45, 7) is 7.88. The Kier molecular flexibility index (Phi) is 9.69. The highest BCUT2D eigenvalue weighted by Gasteiger charge is 2.15. The molecule has 0 aliphatic heterocycles. The van der Waals surface area contributed by atoms with Crippen LogP contribution in [0, 0.1) is 0 Å². The average molecular weight is 386 g/mol. The van der Waals surface area contributed by atoms with Crippen LogP contribution in [0.25, 0.3) is 0 Å². The number of nitrogens with zero attached hydrogens (tertiary/aromatic N) is 3. The van der Waals surface area contributed by atoms with Gasteiger partial charge in [0, 0.05) is 11.6 Å². The van der Waals surface area contributed by atoms with E-state index in [-0.39, 0.29) is 10.7 Å². The van der Waals surface area contributed by atoms with E-state index < -0.39 is 5.97 Å². The molecule has 0 aliphatic rings. The first-order valence-corrected chi connectivity index (χ1v) is 9.03. The second-order valence-electron chi connectivity index (χ2n) is 4.96. The molecule has 0 radical (unpaired) electrons. The third kappa shape index (κ3) is 6.15. The van der Waals surface area contributed by atoms with Gasteiger partial charge in [0.05, 0.1) is 17.8 Å². The van der Waals surface area contributed by atoms with Crippen molar-refractivity contribution >= 4 is 29.1 Å². The van der Waals surface area contributed by atoms with Crippen molar-refractivity contribution < 1.29 is 9.53 Å². The van der Waals surface area contributed by atoms with Gasteiger partial charge in [-0.15, -0.1) is 10.2 Å². The van der Waals surface area contributed by atoms with Crippen LogP contribution in [-0.4, -0.2) is 29.0 Å². The van der Waals surface area contributed by atoms with Crippen molar-refractivity contribution in [3.63, 3.8) is 0 Å². The van der Waals surface area contributed by atoms with Crippen molar-refractivity contribution in [3.8, 4) is 0 Å². The average Bonchev–Trinajstić information content (AvgIpc) is 2.72. The Morgan fingerprint density at radius 3 is 2.33 bits per heavy atom. The Labute approximate surface area is 165 Å². The highest BCUT2D eigenvalue weighted by Crippen LogP contribution is 2.21. The van der Waals surface area contributed by atoms with Gasteiger partial charge in [-0.2, -0.15) is 0 Å². The molecule has 0 amide bonds. The fraction of sp³-hybridized carbons (Fsp3) is 0.238. The third-order valence-corrected chi connectivity index (χ3v) is 3.61. The van der Waals surface area contributed by atoms with Crippen molar-refractivity contribution in [2.45, 2.75) is 27.7 Å². The molecule has 1 aromatic heterocycles. The lowest BCUT2D eigenvalue weighted by Gasteiger charge is -2.08. The van der Waals surface area contributed by atoms with Crippen LogP contribution in [0.15, 0.2) is 65.2 Å². The van der Waals surface area contributed by atoms with E-state index >= 15 is 0 Å². The molecule has 0 spiro atoms. The first-order chi connectivity index (χ1) is 13.1. The highest BCUT2D eigenvalue weighted by molar-refractivity contribution is 6.33. The first kappa shape index (κ1) is 22.3. The number of allylic oxidation sites excluding steroid dienone is 4. The standard InChI is InChI=1S/C19H18ClN3O2.C2H6/c1-4-9-13(5-2)17(14-10-7-6-8-11-14)21-16-12-15(20)18(23-22-16)19(24)25-3;1-2/h4-12H,1-3H3;1-2H3/b9-4-,13-5+,21-17?;. The van der Waals surface area contributed by atoms with E-state index in [1.807, 2.05) is 76.3 Å². The second-order valence-corrected chi connectivity index (χ2v) is 5.37. The molecule has 2 aromatic rings. The molecule has 2 rings (SSSR count). The number of esters is 1. The van der Waals surface area contributed by atoms with Gasteiger partial charge in [0.1, 0.15) is 0 Å². The summed E-state index contributed by atoms with van der Waals surface area (Å²) in [5.74, 6) is -0.334. The Morgan fingerprint density at radius 1 is 1.15 bits per heavy atom. The van der Waals surface area contributed by atoms with Crippen LogP contribution in [0.2, 0.25) is 5.02 Å². The van der Waals surface area contributed by atoms with Crippen LogP contribution in [-0.2, 0) is 4.74 Å². The largest absolute Gasteiger partial charge is 0.464 e. The van der Waals surface area contributed by atoms with E-state index in [0.29, 0.717) is 5.82 Å². The maximum absolute atomic E-state index is 11.6. The second kappa shape index (κ2) is 11.8. The Balaban J connectivity index is 0.00000176. The topological polar surface area (TPSA) is 64.4 Å². The zero-order valence-electron chi connectivity index (χ0n) is 16.2. The molecule has 0 fully saturated rings. The molecular formula is C21H24ClN3O2. The van der Waals surface area contributed by atoms with Gasteiger partial charge in [0.15, 0.2) is 11.5 Å². The molecule has 0 bridgehead atoms. The number of carbonyl (C=O) groups excluding carboxylic acids is 1. The number of aromatic nitrogens is 2. The number of rotatable bonds is 5. The maximum Gasteiger partial charge on any atom is 0.360 e. The van der Waals surface area contributed by atoms with E-state index in [1.165, 1.54) is 13.2 Å². The quantitative estimate of drug-likeness (QED) is 0.382. The molecule has 0 saturated heterocycles. The maximum atomic E-state index is 11.6. The minimum Gasteiger partial charge on any atom is -0.464 e. The molecule has 5 nitrogen and oxygen atoms in total. The lowest BCUT2D eigenvalue weighted by Crippen LogP contribution is -2.07. The minimum atomic E-state index is -0.639. The molecule has 1 aromatic carbocycles. The molecular weight excluding hydrogens is 362 g/mol. The number of carbonyl (C=O) groups is 1. The molecule has 0 atom stereocenters. The van der Waals surface area contributed by atoms with Gasteiger partial charge >= 0.3 is 5.97 Å². The third-order valence-electron chi connectivity index (χ3n) is 3.32. The van der Waals surface area contributed by atoms with Gasteiger partial charge in [-0.1, -0.05) is 74.0 Å². The summed E-state index contributed by atoms with van der Waals surface area (Å²) >= 11 is 6.11. The molecule has 27 heavy (non-hydrogen) atoms. The van der Waals surface area contributed by atoms with Gasteiger partial charge < -0.3 is 4.74 Å². The molecule has 0 unspecified atom stereocenters. The van der Waals surface area contributed by atoms with E-state index in [2.05, 4.69) is 19.9 Å². The smallest absolute Gasteiger partial charge is 0.360 e. The number of halogens is 1. The van der Waals surface area contributed by atoms with Crippen molar-refractivity contribution in [3.05, 3.63) is 76.5 Å². The summed E-state index contributed by atoms with van der Waals surface area (Å²) in [5.41, 5.74) is 2.56. The van der Waals surface area contributed by atoms with Crippen LogP contribution in [0.3, 0.4) is 0 Å². The number of aliphatic imine (C=N–C) groups is 1. The summed E-state index contributed by atoms with van der Waals surface area (Å²) in [6.07, 6.45) is 5.86. The fourth-order valence-electron chi connectivity index (χ4n) is 2.15. The van der Waals surface area contributed by atoms with Gasteiger partial charge in [-0.05, 0) is 19.4 Å². The van der Waals surface area contributed by atoms with Gasteiger partial charge in [-0.25, -0.2) is 9.79 Å². The Morgan fingerprint density at radius 2 is 1.81 bits per heavy atom. The summed E-state index contributed by atoms with van der Waals surface area (Å²) in [5, 5.41) is 7.94. The lowest BCUT2D eigenvalue weighted by molar-refractivity contribution is 0.0593. The van der Waals surface area contributed by atoms with Crippen molar-refractivity contribution in [2.24, 2.45) is 4.99 Å². The number of methoxy groups -OCH3 is 1. The van der Waals surface area contributed by atoms with Gasteiger partial charge in [0.2, 0.25) is 0 Å². The van der Waals surface area contributed by atoms with Crippen molar-refractivity contribution in [1.29, 1.82) is 0 Å². The molecule has 142 valence electrons.